The van der Waals surface area contributed by atoms with E-state index >= 15 is 0 Å². The summed E-state index contributed by atoms with van der Waals surface area (Å²) < 4.78 is 16.6. The predicted molar refractivity (Wildman–Crippen MR) is 199 cm³/mol. The summed E-state index contributed by atoms with van der Waals surface area (Å²) in [5.41, 5.74) is 2.71. The molecule has 45 heavy (non-hydrogen) atoms. The highest BCUT2D eigenvalue weighted by atomic mass is 35.8. The van der Waals surface area contributed by atoms with Crippen LogP contribution in [-0.4, -0.2) is 36.1 Å². The molecule has 3 nitrogen and oxygen atoms in total. The first-order valence-corrected chi connectivity index (χ1v) is 22.5. The molecule has 0 aliphatic carbocycles. The van der Waals surface area contributed by atoms with Gasteiger partial charge in [0.25, 0.3) is 0 Å². The highest BCUT2D eigenvalue weighted by Gasteiger charge is 2.36. The molecule has 0 bridgehead atoms. The molecule has 0 radical (unpaired) electrons. The molecule has 0 unspecified atom stereocenters. The van der Waals surface area contributed by atoms with Gasteiger partial charge in [-0.1, -0.05) is 109 Å². The van der Waals surface area contributed by atoms with Crippen molar-refractivity contribution in [3.63, 3.8) is 0 Å². The van der Waals surface area contributed by atoms with Crippen LogP contribution in [0.3, 0.4) is 0 Å². The van der Waals surface area contributed by atoms with E-state index in [0.29, 0.717) is 6.04 Å². The van der Waals surface area contributed by atoms with Crippen LogP contribution in [0.4, 0.5) is 0 Å². The van der Waals surface area contributed by atoms with Gasteiger partial charge < -0.3 is 13.3 Å². The fourth-order valence-electron chi connectivity index (χ4n) is 6.21. The van der Waals surface area contributed by atoms with Crippen LogP contribution in [0.1, 0.15) is 24.0 Å². The van der Waals surface area contributed by atoms with Crippen molar-refractivity contribution < 1.29 is 13.3 Å². The number of rotatable bonds is 11. The van der Waals surface area contributed by atoms with Crippen LogP contribution in [0.25, 0.3) is 43.1 Å². The molecule has 0 aromatic heterocycles. The summed E-state index contributed by atoms with van der Waals surface area (Å²) in [6, 6.07) is 37.9. The Kier molecular flexibility index (Phi) is 11.6. The summed E-state index contributed by atoms with van der Waals surface area (Å²) in [6.45, 7) is 0. The lowest BCUT2D eigenvalue weighted by atomic mass is 9.95. The number of hydrogen-bond acceptors (Lipinski definition) is 3. The summed E-state index contributed by atoms with van der Waals surface area (Å²) in [4.78, 5) is 0. The molecule has 6 rings (SSSR count). The molecule has 0 saturated carbocycles. The van der Waals surface area contributed by atoms with E-state index in [4.69, 9.17) is 46.5 Å². The summed E-state index contributed by atoms with van der Waals surface area (Å²) in [6.07, 6.45) is 3.83. The lowest BCUT2D eigenvalue weighted by molar-refractivity contribution is 0.123. The standard InChI is InChI=1S/C20H24O3Si.C17H15Cl3Si/c1-21-24(22-2,23-3)14-8-10-17-15-16-9-4-5-11-18(16)20-13-7-6-12-19(17)20;18-21(19,20)11-5-7-14-12-13-6-1-2-8-15(13)17-10-4-3-9-16(14)17/h4-7,9,11-13,15H,8,10,14H2,1-3H3;1-4,6,8-10,12H,5,7,11H2. The maximum Gasteiger partial charge on any atom is 0.500 e. The number of hydrogen-bond donors (Lipinski definition) is 0. The Hall–Kier alpha value is -2.46. The van der Waals surface area contributed by atoms with Crippen LogP contribution >= 0.6 is 33.2 Å². The first-order valence-electron chi connectivity index (χ1n) is 15.3. The van der Waals surface area contributed by atoms with E-state index in [1.54, 1.807) is 21.3 Å². The average molecular weight is 694 g/mol. The minimum atomic E-state index is -2.52. The Balaban J connectivity index is 0.000000179. The molecule has 8 heteroatoms. The zero-order chi connectivity index (χ0) is 31.9. The maximum absolute atomic E-state index is 5.98. The van der Waals surface area contributed by atoms with Crippen LogP contribution in [-0.2, 0) is 26.1 Å². The van der Waals surface area contributed by atoms with Crippen molar-refractivity contribution in [2.75, 3.05) is 21.3 Å². The minimum Gasteiger partial charge on any atom is -0.377 e. The quantitative estimate of drug-likeness (QED) is 0.0768. The zero-order valence-corrected chi connectivity index (χ0v) is 30.3. The third kappa shape index (κ3) is 8.29. The van der Waals surface area contributed by atoms with Crippen LogP contribution in [0.2, 0.25) is 12.1 Å². The van der Waals surface area contributed by atoms with Gasteiger partial charge in [-0.25, -0.2) is 0 Å². The molecule has 0 saturated heterocycles. The lowest BCUT2D eigenvalue weighted by Crippen LogP contribution is -2.42. The molecule has 0 spiro atoms. The first-order chi connectivity index (χ1) is 21.8. The van der Waals surface area contributed by atoms with E-state index in [9.17, 15) is 0 Å². The molecule has 0 fully saturated rings. The molecule has 0 N–H and O–H groups in total. The Morgan fingerprint density at radius 2 is 0.822 bits per heavy atom. The monoisotopic (exact) mass is 692 g/mol. The van der Waals surface area contributed by atoms with Gasteiger partial charge >= 0.3 is 14.8 Å². The highest BCUT2D eigenvalue weighted by molar-refractivity contribution is 7.64. The third-order valence-electron chi connectivity index (χ3n) is 8.48. The number of aryl methyl sites for hydroxylation is 2. The van der Waals surface area contributed by atoms with Crippen molar-refractivity contribution in [3.05, 3.63) is 120 Å². The van der Waals surface area contributed by atoms with Gasteiger partial charge in [-0.05, 0) is 85.9 Å². The molecule has 0 atom stereocenters. The molecule has 0 aliphatic heterocycles. The SMILES string of the molecule is CO[Si](CCCc1cc2ccccc2c2ccccc12)(OC)OC.Cl[Si](Cl)(Cl)CCCc1cc2ccccc2c2ccccc12. The Bertz CT molecular complexity index is 1880. The second-order valence-electron chi connectivity index (χ2n) is 11.2. The molecular formula is C37H39Cl3O3Si2. The van der Waals surface area contributed by atoms with Crippen LogP contribution in [0, 0.1) is 0 Å². The summed E-state index contributed by atoms with van der Waals surface area (Å²) in [7, 11) is 2.52. The van der Waals surface area contributed by atoms with Crippen LogP contribution < -0.4 is 0 Å². The molecule has 234 valence electrons. The fourth-order valence-corrected chi connectivity index (χ4v) is 9.71. The maximum atomic E-state index is 5.98. The van der Waals surface area contributed by atoms with Crippen molar-refractivity contribution >= 4 is 91.1 Å². The molecule has 0 aliphatic rings. The third-order valence-corrected chi connectivity index (χ3v) is 13.9. The van der Waals surface area contributed by atoms with Gasteiger partial charge in [0.2, 0.25) is 0 Å². The average Bonchev–Trinajstić information content (AvgIpc) is 3.07. The van der Waals surface area contributed by atoms with Crippen molar-refractivity contribution in [1.29, 1.82) is 0 Å². The van der Waals surface area contributed by atoms with Gasteiger partial charge in [-0.2, -0.15) is 0 Å². The van der Waals surface area contributed by atoms with Crippen molar-refractivity contribution in [2.24, 2.45) is 0 Å². The van der Waals surface area contributed by atoms with E-state index in [0.717, 1.165) is 31.7 Å². The summed E-state index contributed by atoms with van der Waals surface area (Å²) >= 11 is 17.9. The molecular weight excluding hydrogens is 655 g/mol. The van der Waals surface area contributed by atoms with Gasteiger partial charge in [0.1, 0.15) is 0 Å². The Morgan fingerprint density at radius 3 is 1.22 bits per heavy atom. The van der Waals surface area contributed by atoms with E-state index in [2.05, 4.69) is 109 Å². The second kappa shape index (κ2) is 15.4. The number of benzene rings is 6. The topological polar surface area (TPSA) is 27.7 Å². The number of halogens is 3. The fraction of sp³-hybridized carbons (Fsp3) is 0.243. The number of fused-ring (bicyclic) bond motifs is 6. The Morgan fingerprint density at radius 1 is 0.467 bits per heavy atom. The molecule has 0 amide bonds. The summed E-state index contributed by atoms with van der Waals surface area (Å²) in [5.74, 6) is 0. The van der Waals surface area contributed by atoms with Gasteiger partial charge in [0.05, 0.1) is 0 Å². The molecule has 6 aromatic carbocycles. The van der Waals surface area contributed by atoms with E-state index in [1.807, 2.05) is 0 Å². The second-order valence-corrected chi connectivity index (χ2v) is 23.6. The van der Waals surface area contributed by atoms with Crippen molar-refractivity contribution in [1.82, 2.24) is 0 Å². The lowest BCUT2D eigenvalue weighted by Gasteiger charge is -2.24. The van der Waals surface area contributed by atoms with Crippen LogP contribution in [0.15, 0.2) is 109 Å². The van der Waals surface area contributed by atoms with E-state index in [1.165, 1.54) is 54.2 Å². The van der Waals surface area contributed by atoms with Crippen molar-refractivity contribution in [2.45, 2.75) is 37.8 Å². The Labute approximate surface area is 282 Å². The zero-order valence-electron chi connectivity index (χ0n) is 26.0. The molecule has 0 heterocycles. The van der Waals surface area contributed by atoms with Gasteiger partial charge in [-0.15, -0.1) is 33.2 Å². The van der Waals surface area contributed by atoms with E-state index < -0.39 is 14.8 Å². The van der Waals surface area contributed by atoms with Crippen LogP contribution in [0.5, 0.6) is 0 Å². The van der Waals surface area contributed by atoms with Gasteiger partial charge in [-0.3, -0.25) is 0 Å². The predicted octanol–water partition coefficient (Wildman–Crippen LogP) is 11.4. The first kappa shape index (κ1) is 33.9. The van der Waals surface area contributed by atoms with Gasteiger partial charge in [0, 0.05) is 27.4 Å². The largest absolute Gasteiger partial charge is 0.500 e. The minimum absolute atomic E-state index is 0.707. The normalized spacial score (nSPS) is 12.1. The molecule has 6 aromatic rings. The van der Waals surface area contributed by atoms with Gasteiger partial charge in [0.15, 0.2) is 0 Å². The van der Waals surface area contributed by atoms with Crippen molar-refractivity contribution in [3.8, 4) is 0 Å². The summed E-state index contributed by atoms with van der Waals surface area (Å²) in [5, 5.41) is 10.4. The highest BCUT2D eigenvalue weighted by Crippen LogP contribution is 2.33. The van der Waals surface area contributed by atoms with E-state index in [-0.39, 0.29) is 0 Å². The smallest absolute Gasteiger partial charge is 0.377 e.